The molecule has 0 spiro atoms. The number of nitrogens with two attached hydrogens (primary N) is 1. The van der Waals surface area contributed by atoms with E-state index in [1.807, 2.05) is 0 Å². The Balaban J connectivity index is 2.18. The maximum absolute atomic E-state index is 13.9. The van der Waals surface area contributed by atoms with Crippen molar-refractivity contribution in [1.29, 1.82) is 0 Å². The van der Waals surface area contributed by atoms with Crippen molar-refractivity contribution in [3.63, 3.8) is 0 Å². The summed E-state index contributed by atoms with van der Waals surface area (Å²) in [6.45, 7) is 1.72. The first kappa shape index (κ1) is 34.7. The highest BCUT2D eigenvalue weighted by atomic mass is 16.4. The maximum atomic E-state index is 13.9. The SMILES string of the molecule is CNCC(=O)NC(CCCCN)C(=O)N(C)C1C(=O)NC(C)C(=O)NC(C(=O)O)Cc2ccc(O)c(c2)-c2cc1ccc2C=O. The lowest BCUT2D eigenvalue weighted by atomic mass is 9.91. The number of carbonyl (C=O) groups is 6. The molecular formula is C31H40N6O8. The highest BCUT2D eigenvalue weighted by molar-refractivity contribution is 5.97. The number of unbranched alkanes of at least 4 members (excludes halogenated alkanes) is 1. The van der Waals surface area contributed by atoms with Crippen LogP contribution in [-0.4, -0.2) is 96.3 Å². The lowest BCUT2D eigenvalue weighted by Crippen LogP contribution is -2.55. The average Bonchev–Trinajstić information content (AvgIpc) is 3.00. The largest absolute Gasteiger partial charge is 0.507 e. The fourth-order valence-electron chi connectivity index (χ4n) is 5.18. The lowest BCUT2D eigenvalue weighted by Gasteiger charge is -2.32. The third-order valence-corrected chi connectivity index (χ3v) is 7.58. The Labute approximate surface area is 260 Å². The van der Waals surface area contributed by atoms with Gasteiger partial charge in [-0.1, -0.05) is 18.2 Å². The predicted molar refractivity (Wildman–Crippen MR) is 164 cm³/mol. The molecule has 0 saturated heterocycles. The van der Waals surface area contributed by atoms with Crippen molar-refractivity contribution < 1.29 is 39.0 Å². The topological polar surface area (TPSA) is 220 Å². The van der Waals surface area contributed by atoms with Gasteiger partial charge in [0.15, 0.2) is 6.29 Å². The summed E-state index contributed by atoms with van der Waals surface area (Å²) < 4.78 is 0. The Kier molecular flexibility index (Phi) is 12.1. The van der Waals surface area contributed by atoms with Crippen LogP contribution in [0.1, 0.15) is 53.7 Å². The highest BCUT2D eigenvalue weighted by Crippen LogP contribution is 2.35. The van der Waals surface area contributed by atoms with E-state index in [1.165, 1.54) is 50.4 Å². The molecule has 4 bridgehead atoms. The van der Waals surface area contributed by atoms with Crippen LogP contribution in [-0.2, 0) is 30.4 Å². The zero-order chi connectivity index (χ0) is 33.3. The molecular weight excluding hydrogens is 584 g/mol. The molecule has 0 saturated carbocycles. The van der Waals surface area contributed by atoms with Crippen LogP contribution in [0.15, 0.2) is 36.4 Å². The van der Waals surface area contributed by atoms with E-state index >= 15 is 0 Å². The minimum Gasteiger partial charge on any atom is -0.507 e. The molecule has 1 aliphatic heterocycles. The Morgan fingerprint density at radius 3 is 2.47 bits per heavy atom. The summed E-state index contributed by atoms with van der Waals surface area (Å²) in [6, 6.07) is 3.84. The molecule has 8 N–H and O–H groups in total. The van der Waals surface area contributed by atoms with Gasteiger partial charge in [-0.05, 0) is 74.7 Å². The van der Waals surface area contributed by atoms with Crippen molar-refractivity contribution in [1.82, 2.24) is 26.2 Å². The molecule has 0 aliphatic carbocycles. The van der Waals surface area contributed by atoms with Gasteiger partial charge in [0, 0.05) is 24.6 Å². The molecule has 4 amide bonds. The van der Waals surface area contributed by atoms with E-state index in [1.54, 1.807) is 7.05 Å². The predicted octanol–water partition coefficient (Wildman–Crippen LogP) is -0.165. The van der Waals surface area contributed by atoms with Crippen LogP contribution in [0.25, 0.3) is 11.1 Å². The number of nitrogens with one attached hydrogen (secondary N) is 4. The Hall–Kier alpha value is -4.82. The molecule has 14 heteroatoms. The summed E-state index contributed by atoms with van der Waals surface area (Å²) in [4.78, 5) is 78.5. The lowest BCUT2D eigenvalue weighted by molar-refractivity contribution is -0.143. The van der Waals surface area contributed by atoms with Crippen molar-refractivity contribution in [3.8, 4) is 16.9 Å². The fourth-order valence-corrected chi connectivity index (χ4v) is 5.18. The standard InChI is InChI=1S/C31H40N6O8/c1-17-28(41)36-24(31(44)45)13-18-7-10-25(39)22(12-18)21-14-19(8-9-20(21)16-38)27(29(42)34-17)37(3)30(43)23(6-4-5-11-32)35-26(40)15-33-2/h7-10,12,14,16-17,23-24,27,33,39H,4-6,11,13,15,32H2,1-3H3,(H,34,42)(H,35,40)(H,36,41)(H,44,45). The number of carboxylic acids is 1. The summed E-state index contributed by atoms with van der Waals surface area (Å²) >= 11 is 0. The van der Waals surface area contributed by atoms with Crippen LogP contribution in [0.2, 0.25) is 0 Å². The molecule has 2 aromatic carbocycles. The molecule has 1 aliphatic rings. The molecule has 45 heavy (non-hydrogen) atoms. The number of hydrogen-bond acceptors (Lipinski definition) is 9. The van der Waals surface area contributed by atoms with Gasteiger partial charge in [-0.3, -0.25) is 24.0 Å². The van der Waals surface area contributed by atoms with Gasteiger partial charge in [-0.2, -0.15) is 0 Å². The molecule has 14 nitrogen and oxygen atoms in total. The number of benzene rings is 2. The minimum absolute atomic E-state index is 0.0443. The first-order chi connectivity index (χ1) is 21.4. The van der Waals surface area contributed by atoms with E-state index in [-0.39, 0.29) is 47.4 Å². The summed E-state index contributed by atoms with van der Waals surface area (Å²) in [6.07, 6.45) is 1.80. The van der Waals surface area contributed by atoms with E-state index in [9.17, 15) is 39.0 Å². The number of fused-ring (bicyclic) bond motifs is 5. The summed E-state index contributed by atoms with van der Waals surface area (Å²) in [5, 5.41) is 31.0. The molecule has 0 aromatic heterocycles. The monoisotopic (exact) mass is 624 g/mol. The molecule has 2 aromatic rings. The van der Waals surface area contributed by atoms with Crippen molar-refractivity contribution in [2.75, 3.05) is 27.2 Å². The Morgan fingerprint density at radius 1 is 1.09 bits per heavy atom. The van der Waals surface area contributed by atoms with Gasteiger partial charge in [0.05, 0.1) is 6.54 Å². The summed E-state index contributed by atoms with van der Waals surface area (Å²) in [5.41, 5.74) is 6.93. The first-order valence-electron chi connectivity index (χ1n) is 14.6. The smallest absolute Gasteiger partial charge is 0.326 e. The number of rotatable bonds is 11. The second-order valence-corrected chi connectivity index (χ2v) is 10.9. The van der Waals surface area contributed by atoms with Crippen molar-refractivity contribution in [3.05, 3.63) is 53.1 Å². The molecule has 1 heterocycles. The Morgan fingerprint density at radius 2 is 1.82 bits per heavy atom. The third kappa shape index (κ3) is 8.64. The number of carbonyl (C=O) groups excluding carboxylic acids is 5. The highest BCUT2D eigenvalue weighted by Gasteiger charge is 2.35. The number of carboxylic acid groups (broad SMARTS) is 1. The zero-order valence-corrected chi connectivity index (χ0v) is 25.5. The normalized spacial score (nSPS) is 18.9. The second kappa shape index (κ2) is 15.8. The fraction of sp³-hybridized carbons (Fsp3) is 0.419. The number of hydrogen-bond donors (Lipinski definition) is 7. The zero-order valence-electron chi connectivity index (χ0n) is 25.5. The number of phenolic OH excluding ortho intramolecular Hbond substituents is 1. The van der Waals surface area contributed by atoms with Gasteiger partial charge >= 0.3 is 5.97 Å². The quantitative estimate of drug-likeness (QED) is 0.129. The third-order valence-electron chi connectivity index (χ3n) is 7.58. The van der Waals surface area contributed by atoms with E-state index in [2.05, 4.69) is 21.3 Å². The number of likely N-dealkylation sites (N-methyl/N-ethyl adjacent to an activating group) is 2. The molecule has 3 rings (SSSR count). The average molecular weight is 625 g/mol. The van der Waals surface area contributed by atoms with E-state index in [0.29, 0.717) is 31.2 Å². The van der Waals surface area contributed by atoms with Gasteiger partial charge in [0.25, 0.3) is 0 Å². The van der Waals surface area contributed by atoms with Crippen molar-refractivity contribution in [2.24, 2.45) is 5.73 Å². The molecule has 4 unspecified atom stereocenters. The van der Waals surface area contributed by atoms with Crippen LogP contribution in [0.3, 0.4) is 0 Å². The van der Waals surface area contributed by atoms with Crippen LogP contribution in [0, 0.1) is 0 Å². The number of phenols is 1. The van der Waals surface area contributed by atoms with Crippen LogP contribution >= 0.6 is 0 Å². The van der Waals surface area contributed by atoms with Crippen LogP contribution in [0.4, 0.5) is 0 Å². The summed E-state index contributed by atoms with van der Waals surface area (Å²) in [7, 11) is 2.97. The van der Waals surface area contributed by atoms with Gasteiger partial charge in [0.1, 0.15) is 29.9 Å². The number of nitrogens with zero attached hydrogens (tertiary/aromatic N) is 1. The first-order valence-corrected chi connectivity index (χ1v) is 14.6. The summed E-state index contributed by atoms with van der Waals surface area (Å²) in [5.74, 6) is -4.10. The minimum atomic E-state index is -1.37. The van der Waals surface area contributed by atoms with E-state index in [4.69, 9.17) is 5.73 Å². The van der Waals surface area contributed by atoms with Crippen molar-refractivity contribution in [2.45, 2.75) is 56.8 Å². The maximum Gasteiger partial charge on any atom is 0.326 e. The number of aldehydes is 1. The van der Waals surface area contributed by atoms with Gasteiger partial charge in [0.2, 0.25) is 23.6 Å². The molecule has 0 fully saturated rings. The van der Waals surface area contributed by atoms with Gasteiger partial charge in [-0.15, -0.1) is 0 Å². The molecule has 4 atom stereocenters. The van der Waals surface area contributed by atoms with Gasteiger partial charge in [-0.25, -0.2) is 4.79 Å². The van der Waals surface area contributed by atoms with Gasteiger partial charge < -0.3 is 42.1 Å². The number of amides is 4. The van der Waals surface area contributed by atoms with E-state index in [0.717, 1.165) is 4.90 Å². The Bertz CT molecular complexity index is 1450. The van der Waals surface area contributed by atoms with Crippen LogP contribution in [0.5, 0.6) is 5.75 Å². The number of aromatic hydroxyl groups is 1. The van der Waals surface area contributed by atoms with E-state index < -0.39 is 53.8 Å². The van der Waals surface area contributed by atoms with Crippen LogP contribution < -0.4 is 27.0 Å². The molecule has 0 radical (unpaired) electrons. The number of aliphatic carboxylic acids is 1. The molecule has 242 valence electrons. The second-order valence-electron chi connectivity index (χ2n) is 10.9. The van der Waals surface area contributed by atoms with Crippen molar-refractivity contribution >= 4 is 35.9 Å².